The lowest BCUT2D eigenvalue weighted by atomic mass is 10.2. The van der Waals surface area contributed by atoms with E-state index in [0.717, 1.165) is 0 Å². The molecule has 0 saturated heterocycles. The molecule has 2 aromatic heterocycles. The Bertz CT molecular complexity index is 1020. The predicted octanol–water partition coefficient (Wildman–Crippen LogP) is 2.66. The Labute approximate surface area is 166 Å². The second-order valence-corrected chi connectivity index (χ2v) is 7.09. The molecule has 3 rings (SSSR count). The summed E-state index contributed by atoms with van der Waals surface area (Å²) in [6, 6.07) is 4.52. The Balaban J connectivity index is 2.03. The largest absolute Gasteiger partial charge is 0.478 e. The smallest absolute Gasteiger partial charge is 0.337 e. The maximum Gasteiger partial charge on any atom is 0.337 e. The van der Waals surface area contributed by atoms with Gasteiger partial charge in [-0.2, -0.15) is 9.97 Å². The van der Waals surface area contributed by atoms with Gasteiger partial charge in [-0.1, -0.05) is 16.8 Å². The fraction of sp³-hybridized carbons (Fsp3) is 0.353. The Kier molecular flexibility index (Phi) is 5.61. The van der Waals surface area contributed by atoms with Crippen LogP contribution in [-0.4, -0.2) is 48.6 Å². The molecule has 28 heavy (non-hydrogen) atoms. The number of hydrogen-bond donors (Lipinski definition) is 4. The fourth-order valence-corrected chi connectivity index (χ4v) is 2.76. The maximum atomic E-state index is 11.1. The summed E-state index contributed by atoms with van der Waals surface area (Å²) in [7, 11) is 0. The van der Waals surface area contributed by atoms with Gasteiger partial charge in [-0.3, -0.25) is 0 Å². The SMILES string of the molecule is CC(N)CNc1nc(Nc2ccc(C(=O)O)c(Cl)c2)c2nnn(C(C)C)c2n1. The number of hydrogen-bond acceptors (Lipinski definition) is 8. The van der Waals surface area contributed by atoms with Crippen LogP contribution in [-0.2, 0) is 0 Å². The number of anilines is 3. The highest BCUT2D eigenvalue weighted by Crippen LogP contribution is 2.27. The lowest BCUT2D eigenvalue weighted by Crippen LogP contribution is -2.26. The van der Waals surface area contributed by atoms with E-state index in [1.807, 2.05) is 20.8 Å². The summed E-state index contributed by atoms with van der Waals surface area (Å²) >= 11 is 6.06. The summed E-state index contributed by atoms with van der Waals surface area (Å²) in [5.74, 6) is -0.295. The summed E-state index contributed by atoms with van der Waals surface area (Å²) in [6.07, 6.45) is 0. The number of benzene rings is 1. The van der Waals surface area contributed by atoms with E-state index in [4.69, 9.17) is 22.4 Å². The number of fused-ring (bicyclic) bond motifs is 1. The summed E-state index contributed by atoms with van der Waals surface area (Å²) in [4.78, 5) is 20.1. The molecule has 148 valence electrons. The topological polar surface area (TPSA) is 144 Å². The minimum Gasteiger partial charge on any atom is -0.478 e. The Morgan fingerprint density at radius 3 is 2.68 bits per heavy atom. The number of carboxylic acid groups (broad SMARTS) is 1. The quantitative estimate of drug-likeness (QED) is 0.467. The van der Waals surface area contributed by atoms with Crippen molar-refractivity contribution in [2.75, 3.05) is 17.2 Å². The average Bonchev–Trinajstić information content (AvgIpc) is 3.04. The lowest BCUT2D eigenvalue weighted by molar-refractivity contribution is 0.0697. The minimum absolute atomic E-state index is 0.0186. The predicted molar refractivity (Wildman–Crippen MR) is 107 cm³/mol. The molecule has 0 spiro atoms. The van der Waals surface area contributed by atoms with Crippen molar-refractivity contribution < 1.29 is 9.90 Å². The second kappa shape index (κ2) is 7.95. The first kappa shape index (κ1) is 19.8. The fourth-order valence-electron chi connectivity index (χ4n) is 2.50. The zero-order chi connectivity index (χ0) is 20.4. The third-order valence-electron chi connectivity index (χ3n) is 3.86. The van der Waals surface area contributed by atoms with Crippen molar-refractivity contribution in [3.05, 3.63) is 28.8 Å². The third-order valence-corrected chi connectivity index (χ3v) is 4.17. The number of aromatic nitrogens is 5. The molecule has 2 heterocycles. The Hall–Kier alpha value is -2.98. The molecular formula is C17H21ClN8O2. The lowest BCUT2D eigenvalue weighted by Gasteiger charge is -2.12. The van der Waals surface area contributed by atoms with Crippen LogP contribution < -0.4 is 16.4 Å². The van der Waals surface area contributed by atoms with Crippen molar-refractivity contribution in [3.63, 3.8) is 0 Å². The molecule has 11 heteroatoms. The minimum atomic E-state index is -1.09. The van der Waals surface area contributed by atoms with Crippen LogP contribution in [0.15, 0.2) is 18.2 Å². The molecule has 0 aliphatic carbocycles. The molecule has 1 atom stereocenters. The average molecular weight is 405 g/mol. The highest BCUT2D eigenvalue weighted by Gasteiger charge is 2.17. The van der Waals surface area contributed by atoms with Crippen LogP contribution in [0.5, 0.6) is 0 Å². The van der Waals surface area contributed by atoms with E-state index in [2.05, 4.69) is 30.9 Å². The van der Waals surface area contributed by atoms with Crippen LogP contribution in [0.2, 0.25) is 5.02 Å². The van der Waals surface area contributed by atoms with Crippen LogP contribution in [0.25, 0.3) is 11.2 Å². The van der Waals surface area contributed by atoms with Gasteiger partial charge in [-0.05, 0) is 39.0 Å². The van der Waals surface area contributed by atoms with E-state index >= 15 is 0 Å². The Morgan fingerprint density at radius 2 is 2.07 bits per heavy atom. The molecule has 0 amide bonds. The van der Waals surface area contributed by atoms with Gasteiger partial charge in [0.2, 0.25) is 5.95 Å². The summed E-state index contributed by atoms with van der Waals surface area (Å²) < 4.78 is 1.69. The van der Waals surface area contributed by atoms with Crippen LogP contribution >= 0.6 is 11.6 Å². The van der Waals surface area contributed by atoms with E-state index in [0.29, 0.717) is 35.2 Å². The molecule has 0 saturated carbocycles. The van der Waals surface area contributed by atoms with Gasteiger partial charge < -0.3 is 21.5 Å². The highest BCUT2D eigenvalue weighted by atomic mass is 35.5. The standard InChI is InChI=1S/C17H21ClN8O2/c1-8(2)26-15-13(24-25-26)14(22-17(23-15)20-7-9(3)19)21-10-4-5-11(16(27)28)12(18)6-10/h4-6,8-9H,7,19H2,1-3H3,(H,27,28)(H2,20,21,22,23). The molecule has 0 bridgehead atoms. The van der Waals surface area contributed by atoms with Gasteiger partial charge in [0.15, 0.2) is 17.0 Å². The van der Waals surface area contributed by atoms with Crippen LogP contribution in [0.1, 0.15) is 37.2 Å². The molecule has 0 aliphatic heterocycles. The van der Waals surface area contributed by atoms with Gasteiger partial charge in [-0.25, -0.2) is 9.48 Å². The van der Waals surface area contributed by atoms with Crippen LogP contribution in [0.4, 0.5) is 17.5 Å². The van der Waals surface area contributed by atoms with Gasteiger partial charge in [0.05, 0.1) is 16.6 Å². The summed E-state index contributed by atoms with van der Waals surface area (Å²) in [5.41, 5.74) is 7.43. The van der Waals surface area contributed by atoms with E-state index in [-0.39, 0.29) is 22.7 Å². The molecule has 1 unspecified atom stereocenters. The first-order valence-corrected chi connectivity index (χ1v) is 9.06. The molecule has 10 nitrogen and oxygen atoms in total. The van der Waals surface area contributed by atoms with Gasteiger partial charge in [0, 0.05) is 18.3 Å². The molecular weight excluding hydrogens is 384 g/mol. The van der Waals surface area contributed by atoms with Crippen LogP contribution in [0, 0.1) is 0 Å². The van der Waals surface area contributed by atoms with Crippen LogP contribution in [0.3, 0.4) is 0 Å². The number of nitrogens with zero attached hydrogens (tertiary/aromatic N) is 5. The van der Waals surface area contributed by atoms with E-state index < -0.39 is 5.97 Å². The van der Waals surface area contributed by atoms with Gasteiger partial charge >= 0.3 is 5.97 Å². The Morgan fingerprint density at radius 1 is 1.32 bits per heavy atom. The van der Waals surface area contributed by atoms with E-state index in [9.17, 15) is 4.79 Å². The first-order chi connectivity index (χ1) is 13.3. The zero-order valence-electron chi connectivity index (χ0n) is 15.6. The normalized spacial score (nSPS) is 12.4. The van der Waals surface area contributed by atoms with E-state index in [1.54, 1.807) is 10.7 Å². The molecule has 5 N–H and O–H groups in total. The molecule has 0 fully saturated rings. The number of nitrogens with two attached hydrogens (primary N) is 1. The number of rotatable bonds is 7. The number of aromatic carboxylic acids is 1. The first-order valence-electron chi connectivity index (χ1n) is 8.68. The van der Waals surface area contributed by atoms with Crippen molar-refractivity contribution in [2.45, 2.75) is 32.9 Å². The van der Waals surface area contributed by atoms with Gasteiger partial charge in [-0.15, -0.1) is 5.10 Å². The van der Waals surface area contributed by atoms with Gasteiger partial charge in [0.25, 0.3) is 0 Å². The maximum absolute atomic E-state index is 11.1. The molecule has 1 aromatic carbocycles. The van der Waals surface area contributed by atoms with Crippen molar-refractivity contribution >= 4 is 46.2 Å². The van der Waals surface area contributed by atoms with Crippen molar-refractivity contribution in [3.8, 4) is 0 Å². The number of carboxylic acids is 1. The second-order valence-electron chi connectivity index (χ2n) is 6.68. The molecule has 3 aromatic rings. The number of halogens is 1. The highest BCUT2D eigenvalue weighted by molar-refractivity contribution is 6.33. The third kappa shape index (κ3) is 4.12. The monoisotopic (exact) mass is 404 g/mol. The zero-order valence-corrected chi connectivity index (χ0v) is 16.4. The van der Waals surface area contributed by atoms with Gasteiger partial charge in [0.1, 0.15) is 0 Å². The van der Waals surface area contributed by atoms with Crippen molar-refractivity contribution in [1.82, 2.24) is 25.0 Å². The number of nitrogens with one attached hydrogen (secondary N) is 2. The summed E-state index contributed by atoms with van der Waals surface area (Å²) in [6.45, 7) is 6.32. The molecule has 0 radical (unpaired) electrons. The van der Waals surface area contributed by atoms with E-state index in [1.165, 1.54) is 12.1 Å². The summed E-state index contributed by atoms with van der Waals surface area (Å²) in [5, 5.41) is 23.8. The molecule has 0 aliphatic rings. The number of carbonyl (C=O) groups is 1. The van der Waals surface area contributed by atoms with Crippen molar-refractivity contribution in [2.24, 2.45) is 5.73 Å². The van der Waals surface area contributed by atoms with Crippen molar-refractivity contribution in [1.29, 1.82) is 0 Å².